The summed E-state index contributed by atoms with van der Waals surface area (Å²) in [6.45, 7) is 2.57. The van der Waals surface area contributed by atoms with Crippen molar-refractivity contribution < 1.29 is 9.13 Å². The molecular weight excluding hydrogens is 331 g/mol. The third-order valence-corrected chi connectivity index (χ3v) is 3.83. The second-order valence-electron chi connectivity index (χ2n) is 4.04. The van der Waals surface area contributed by atoms with E-state index < -0.39 is 0 Å². The van der Waals surface area contributed by atoms with E-state index in [1.807, 2.05) is 31.2 Å². The number of benzene rings is 2. The molecule has 1 atom stereocenters. The van der Waals surface area contributed by atoms with Gasteiger partial charge in [0.15, 0.2) is 0 Å². The van der Waals surface area contributed by atoms with Crippen LogP contribution in [0.15, 0.2) is 46.9 Å². The van der Waals surface area contributed by atoms with Gasteiger partial charge in [0.1, 0.15) is 11.6 Å². The van der Waals surface area contributed by atoms with Crippen LogP contribution in [0, 0.1) is 5.82 Å². The molecule has 0 fully saturated rings. The van der Waals surface area contributed by atoms with Crippen molar-refractivity contribution >= 4 is 27.5 Å². The van der Waals surface area contributed by atoms with Gasteiger partial charge in [-0.25, -0.2) is 4.39 Å². The Morgan fingerprint density at radius 3 is 2.37 bits per heavy atom. The average molecular weight is 344 g/mol. The maximum Gasteiger partial charge on any atom is 0.137 e. The molecule has 4 heteroatoms. The Morgan fingerprint density at radius 1 is 1.16 bits per heavy atom. The van der Waals surface area contributed by atoms with Gasteiger partial charge >= 0.3 is 0 Å². The van der Waals surface area contributed by atoms with Crippen molar-refractivity contribution in [3.8, 4) is 5.75 Å². The summed E-state index contributed by atoms with van der Waals surface area (Å²) in [4.78, 5) is 0. The molecule has 0 saturated heterocycles. The third kappa shape index (κ3) is 3.48. The Hall–Kier alpha value is -1.06. The molecule has 0 bridgehead atoms. The number of hydrogen-bond donors (Lipinski definition) is 0. The molecule has 0 saturated carbocycles. The lowest BCUT2D eigenvalue weighted by molar-refractivity contribution is 0.340. The monoisotopic (exact) mass is 342 g/mol. The Bertz CT molecular complexity index is 557. The summed E-state index contributed by atoms with van der Waals surface area (Å²) in [6.07, 6.45) is 0. The molecule has 0 spiro atoms. The summed E-state index contributed by atoms with van der Waals surface area (Å²) in [5, 5.41) is -0.312. The lowest BCUT2D eigenvalue weighted by Crippen LogP contribution is -1.95. The fourth-order valence-corrected chi connectivity index (χ4v) is 2.44. The molecule has 0 aliphatic rings. The lowest BCUT2D eigenvalue weighted by atomic mass is 10.0. The summed E-state index contributed by atoms with van der Waals surface area (Å²) in [5.41, 5.74) is 1.79. The van der Waals surface area contributed by atoms with Crippen molar-refractivity contribution in [1.29, 1.82) is 0 Å². The fraction of sp³-hybridized carbons (Fsp3) is 0.200. The van der Waals surface area contributed by atoms with Gasteiger partial charge in [0.25, 0.3) is 0 Å². The van der Waals surface area contributed by atoms with Gasteiger partial charge in [0.2, 0.25) is 0 Å². The van der Waals surface area contributed by atoms with Crippen molar-refractivity contribution in [1.82, 2.24) is 0 Å². The van der Waals surface area contributed by atoms with Gasteiger partial charge in [-0.15, -0.1) is 11.6 Å². The first-order chi connectivity index (χ1) is 9.11. The molecule has 0 heterocycles. The predicted octanol–water partition coefficient (Wildman–Crippen LogP) is 5.32. The zero-order chi connectivity index (χ0) is 13.8. The minimum absolute atomic E-state index is 0.292. The van der Waals surface area contributed by atoms with Gasteiger partial charge in [0.05, 0.1) is 16.5 Å². The standard InChI is InChI=1S/C15H13BrClFO/c1-2-19-12-6-3-10(4-7-12)15(17)11-5-8-14(18)13(16)9-11/h3-9,15H,2H2,1H3. The minimum atomic E-state index is -0.312. The quantitative estimate of drug-likeness (QED) is 0.683. The van der Waals surface area contributed by atoms with E-state index in [4.69, 9.17) is 16.3 Å². The Kier molecular flexibility index (Phi) is 4.83. The van der Waals surface area contributed by atoms with E-state index in [1.54, 1.807) is 12.1 Å². The second kappa shape index (κ2) is 6.40. The molecule has 0 aromatic heterocycles. The van der Waals surface area contributed by atoms with E-state index in [0.717, 1.165) is 16.9 Å². The van der Waals surface area contributed by atoms with Crippen molar-refractivity contribution in [2.24, 2.45) is 0 Å². The van der Waals surface area contributed by atoms with E-state index in [0.29, 0.717) is 11.1 Å². The summed E-state index contributed by atoms with van der Waals surface area (Å²) in [6, 6.07) is 12.4. The van der Waals surface area contributed by atoms with Gasteiger partial charge in [-0.05, 0) is 58.2 Å². The molecule has 1 unspecified atom stereocenters. The SMILES string of the molecule is CCOc1ccc(C(Cl)c2ccc(F)c(Br)c2)cc1. The molecule has 100 valence electrons. The maximum absolute atomic E-state index is 13.2. The van der Waals surface area contributed by atoms with Crippen LogP contribution in [0.2, 0.25) is 0 Å². The van der Waals surface area contributed by atoms with Crippen molar-refractivity contribution in [2.45, 2.75) is 12.3 Å². The molecular formula is C15H13BrClFO. The smallest absolute Gasteiger partial charge is 0.137 e. The van der Waals surface area contributed by atoms with Crippen LogP contribution in [0.25, 0.3) is 0 Å². The zero-order valence-electron chi connectivity index (χ0n) is 10.4. The first-order valence-corrected chi connectivity index (χ1v) is 7.16. The van der Waals surface area contributed by atoms with Gasteiger partial charge in [-0.2, -0.15) is 0 Å². The molecule has 2 rings (SSSR count). The number of hydrogen-bond acceptors (Lipinski definition) is 1. The Balaban J connectivity index is 2.22. The van der Waals surface area contributed by atoms with E-state index >= 15 is 0 Å². The summed E-state index contributed by atoms with van der Waals surface area (Å²) in [7, 11) is 0. The highest BCUT2D eigenvalue weighted by Gasteiger charge is 2.12. The van der Waals surface area contributed by atoms with Crippen LogP contribution in [0.3, 0.4) is 0 Å². The highest BCUT2D eigenvalue weighted by Crippen LogP contribution is 2.32. The molecule has 1 nitrogen and oxygen atoms in total. The zero-order valence-corrected chi connectivity index (χ0v) is 12.7. The van der Waals surface area contributed by atoms with Crippen LogP contribution in [-0.4, -0.2) is 6.61 Å². The molecule has 2 aromatic carbocycles. The first-order valence-electron chi connectivity index (χ1n) is 5.93. The predicted molar refractivity (Wildman–Crippen MR) is 79.4 cm³/mol. The molecule has 0 N–H and O–H groups in total. The van der Waals surface area contributed by atoms with Crippen molar-refractivity contribution in [3.05, 3.63) is 63.9 Å². The normalized spacial score (nSPS) is 12.2. The number of ether oxygens (including phenoxy) is 1. The van der Waals surface area contributed by atoms with Gasteiger partial charge in [0, 0.05) is 0 Å². The number of halogens is 3. The van der Waals surface area contributed by atoms with Gasteiger partial charge in [-0.1, -0.05) is 18.2 Å². The van der Waals surface area contributed by atoms with Gasteiger partial charge < -0.3 is 4.74 Å². The lowest BCUT2D eigenvalue weighted by Gasteiger charge is -2.12. The highest BCUT2D eigenvalue weighted by atomic mass is 79.9. The molecule has 0 radical (unpaired) electrons. The second-order valence-corrected chi connectivity index (χ2v) is 5.33. The van der Waals surface area contributed by atoms with Crippen LogP contribution in [0.5, 0.6) is 5.75 Å². The fourth-order valence-electron chi connectivity index (χ4n) is 1.76. The van der Waals surface area contributed by atoms with E-state index in [2.05, 4.69) is 15.9 Å². The molecule has 0 aliphatic heterocycles. The largest absolute Gasteiger partial charge is 0.494 e. The maximum atomic E-state index is 13.2. The summed E-state index contributed by atoms with van der Waals surface area (Å²) >= 11 is 9.57. The van der Waals surface area contributed by atoms with Crippen LogP contribution in [0.1, 0.15) is 23.4 Å². The average Bonchev–Trinajstić information content (AvgIpc) is 2.42. The molecule has 0 aliphatic carbocycles. The first kappa shape index (κ1) is 14.4. The van der Waals surface area contributed by atoms with Crippen LogP contribution < -0.4 is 4.74 Å². The molecule has 19 heavy (non-hydrogen) atoms. The van der Waals surface area contributed by atoms with Crippen LogP contribution >= 0.6 is 27.5 Å². The van der Waals surface area contributed by atoms with Crippen LogP contribution in [-0.2, 0) is 0 Å². The summed E-state index contributed by atoms with van der Waals surface area (Å²) in [5.74, 6) is 0.523. The molecule has 0 amide bonds. The Morgan fingerprint density at radius 2 is 1.79 bits per heavy atom. The van der Waals surface area contributed by atoms with E-state index in [1.165, 1.54) is 6.07 Å². The Labute approximate surface area is 125 Å². The van der Waals surface area contributed by atoms with E-state index in [9.17, 15) is 4.39 Å². The topological polar surface area (TPSA) is 9.23 Å². The third-order valence-electron chi connectivity index (χ3n) is 2.72. The van der Waals surface area contributed by atoms with Crippen molar-refractivity contribution in [3.63, 3.8) is 0 Å². The van der Waals surface area contributed by atoms with E-state index in [-0.39, 0.29) is 11.2 Å². The number of rotatable bonds is 4. The number of alkyl halides is 1. The minimum Gasteiger partial charge on any atom is -0.494 e. The van der Waals surface area contributed by atoms with Crippen molar-refractivity contribution in [2.75, 3.05) is 6.61 Å². The molecule has 2 aromatic rings. The van der Waals surface area contributed by atoms with Crippen LogP contribution in [0.4, 0.5) is 4.39 Å². The summed E-state index contributed by atoms with van der Waals surface area (Å²) < 4.78 is 19.0. The van der Waals surface area contributed by atoms with Gasteiger partial charge in [-0.3, -0.25) is 0 Å². The highest BCUT2D eigenvalue weighted by molar-refractivity contribution is 9.10.